The molecule has 2 heterocycles. The second-order valence-electron chi connectivity index (χ2n) is 3.59. The summed E-state index contributed by atoms with van der Waals surface area (Å²) in [6, 6.07) is 0. The van der Waals surface area contributed by atoms with E-state index in [1.54, 1.807) is 19.3 Å². The van der Waals surface area contributed by atoms with Crippen LogP contribution in [0.2, 0.25) is 0 Å². The van der Waals surface area contributed by atoms with Crippen LogP contribution in [0.5, 0.6) is 0 Å². The molecule has 2 aromatic heterocycles. The van der Waals surface area contributed by atoms with Crippen molar-refractivity contribution in [3.8, 4) is 0 Å². The summed E-state index contributed by atoms with van der Waals surface area (Å²) in [4.78, 5) is 27.6. The Bertz CT molecular complexity index is 591. The molecule has 0 saturated heterocycles. The molecule has 100 valence electrons. The van der Waals surface area contributed by atoms with Crippen LogP contribution >= 0.6 is 11.3 Å². The summed E-state index contributed by atoms with van der Waals surface area (Å²) in [5.41, 5.74) is 0.740. The lowest BCUT2D eigenvalue weighted by atomic mass is 10.3. The number of nitrogens with one attached hydrogen (secondary N) is 2. The van der Waals surface area contributed by atoms with Gasteiger partial charge in [-0.2, -0.15) is 5.10 Å². The Labute approximate surface area is 113 Å². The van der Waals surface area contributed by atoms with Gasteiger partial charge in [-0.1, -0.05) is 11.3 Å². The summed E-state index contributed by atoms with van der Waals surface area (Å²) >= 11 is 1.11. The number of ether oxygens (including phenoxy) is 1. The molecule has 0 saturated carbocycles. The summed E-state index contributed by atoms with van der Waals surface area (Å²) in [6.45, 7) is 3.32. The Kier molecular flexibility index (Phi) is 3.91. The minimum atomic E-state index is -0.593. The van der Waals surface area contributed by atoms with Crippen molar-refractivity contribution in [2.24, 2.45) is 0 Å². The Balaban J connectivity index is 2.29. The van der Waals surface area contributed by atoms with E-state index in [4.69, 9.17) is 4.74 Å². The van der Waals surface area contributed by atoms with Gasteiger partial charge in [0.05, 0.1) is 18.5 Å². The molecule has 0 spiro atoms. The maximum Gasteiger partial charge on any atom is 0.358 e. The molecule has 8 heteroatoms. The lowest BCUT2D eigenvalue weighted by molar-refractivity contribution is 0.0517. The van der Waals surface area contributed by atoms with Gasteiger partial charge in [-0.3, -0.25) is 9.89 Å². The van der Waals surface area contributed by atoms with Crippen LogP contribution in [0.1, 0.15) is 34.0 Å². The van der Waals surface area contributed by atoms with E-state index in [1.165, 1.54) is 6.92 Å². The highest BCUT2D eigenvalue weighted by molar-refractivity contribution is 7.17. The Morgan fingerprint density at radius 2 is 2.32 bits per heavy atom. The van der Waals surface area contributed by atoms with E-state index in [9.17, 15) is 9.59 Å². The van der Waals surface area contributed by atoms with Crippen molar-refractivity contribution in [2.75, 3.05) is 11.9 Å². The second kappa shape index (κ2) is 5.61. The molecule has 0 radical (unpaired) electrons. The Morgan fingerprint density at radius 1 is 1.53 bits per heavy atom. The van der Waals surface area contributed by atoms with Gasteiger partial charge in [0.1, 0.15) is 4.88 Å². The molecule has 0 aliphatic carbocycles. The number of hydrogen-bond acceptors (Lipinski definition) is 7. The largest absolute Gasteiger partial charge is 0.461 e. The Hall–Kier alpha value is -2.22. The average Bonchev–Trinajstić information content (AvgIpc) is 2.99. The number of hydrogen-bond donors (Lipinski definition) is 2. The summed E-state index contributed by atoms with van der Waals surface area (Å²) in [7, 11) is 0. The van der Waals surface area contributed by atoms with E-state index in [2.05, 4.69) is 20.5 Å². The lowest BCUT2D eigenvalue weighted by Gasteiger charge is -1.98. The minimum Gasteiger partial charge on any atom is -0.461 e. The van der Waals surface area contributed by atoms with Crippen LogP contribution in [-0.4, -0.2) is 33.5 Å². The molecule has 0 bridgehead atoms. The molecule has 7 nitrogen and oxygen atoms in total. The van der Waals surface area contributed by atoms with E-state index in [1.807, 2.05) is 0 Å². The highest BCUT2D eigenvalue weighted by Gasteiger charge is 2.22. The number of anilines is 2. The van der Waals surface area contributed by atoms with Gasteiger partial charge in [0.2, 0.25) is 0 Å². The average molecular weight is 280 g/mol. The normalized spacial score (nSPS) is 10.2. The van der Waals surface area contributed by atoms with Crippen LogP contribution in [0.4, 0.5) is 10.8 Å². The van der Waals surface area contributed by atoms with Gasteiger partial charge in [-0.15, -0.1) is 0 Å². The molecule has 0 aromatic carbocycles. The van der Waals surface area contributed by atoms with Crippen molar-refractivity contribution in [2.45, 2.75) is 13.8 Å². The second-order valence-corrected chi connectivity index (χ2v) is 4.58. The number of nitrogens with zero attached hydrogens (tertiary/aromatic N) is 2. The van der Waals surface area contributed by atoms with Crippen LogP contribution in [0.3, 0.4) is 0 Å². The third-order valence-electron chi connectivity index (χ3n) is 2.17. The minimum absolute atomic E-state index is 0.0466. The van der Waals surface area contributed by atoms with Crippen LogP contribution in [0, 0.1) is 0 Å². The molecule has 2 N–H and O–H groups in total. The van der Waals surface area contributed by atoms with Gasteiger partial charge in [0.15, 0.2) is 16.6 Å². The fraction of sp³-hybridized carbons (Fsp3) is 0.273. The number of thiazole rings is 1. The first kappa shape index (κ1) is 13.2. The van der Waals surface area contributed by atoms with Crippen LogP contribution in [0.15, 0.2) is 12.4 Å². The highest BCUT2D eigenvalue weighted by atomic mass is 32.1. The van der Waals surface area contributed by atoms with Gasteiger partial charge >= 0.3 is 5.97 Å². The van der Waals surface area contributed by atoms with Crippen LogP contribution in [-0.2, 0) is 4.74 Å². The number of aromatic amines is 1. The monoisotopic (exact) mass is 280 g/mol. The number of esters is 1. The van der Waals surface area contributed by atoms with E-state index in [-0.39, 0.29) is 23.0 Å². The molecule has 2 rings (SSSR count). The van der Waals surface area contributed by atoms with Gasteiger partial charge in [-0.25, -0.2) is 9.78 Å². The van der Waals surface area contributed by atoms with E-state index >= 15 is 0 Å². The molecule has 0 aliphatic heterocycles. The molecular weight excluding hydrogens is 268 g/mol. The van der Waals surface area contributed by atoms with E-state index in [0.717, 1.165) is 11.3 Å². The number of aromatic nitrogens is 3. The van der Waals surface area contributed by atoms with E-state index < -0.39 is 5.97 Å². The molecular formula is C11H12N4O3S. The maximum atomic E-state index is 11.7. The molecule has 0 fully saturated rings. The highest BCUT2D eigenvalue weighted by Crippen LogP contribution is 2.26. The standard InChI is InChI=1S/C11H12N4O3S/c1-3-18-10(17)8-9(6(2)16)19-11(15-8)14-7-4-12-13-5-7/h4-5H,3H2,1-2H3,(H,12,13)(H,14,15). The SMILES string of the molecule is CCOC(=O)c1nc(Nc2cn[nH]c2)sc1C(C)=O. The van der Waals surface area contributed by atoms with Gasteiger partial charge < -0.3 is 10.1 Å². The van der Waals surface area contributed by atoms with Crippen molar-refractivity contribution in [3.05, 3.63) is 23.0 Å². The Morgan fingerprint density at radius 3 is 2.89 bits per heavy atom. The van der Waals surface area contributed by atoms with Crippen LogP contribution < -0.4 is 5.32 Å². The lowest BCUT2D eigenvalue weighted by Crippen LogP contribution is -2.09. The maximum absolute atomic E-state index is 11.7. The van der Waals surface area contributed by atoms with Crippen LogP contribution in [0.25, 0.3) is 0 Å². The van der Waals surface area contributed by atoms with Crippen molar-refractivity contribution in [1.82, 2.24) is 15.2 Å². The molecule has 2 aromatic rings. The number of H-pyrrole nitrogens is 1. The zero-order chi connectivity index (χ0) is 13.8. The fourth-order valence-corrected chi connectivity index (χ4v) is 2.26. The van der Waals surface area contributed by atoms with E-state index in [0.29, 0.717) is 10.8 Å². The summed E-state index contributed by atoms with van der Waals surface area (Å²) in [6.07, 6.45) is 3.21. The number of carbonyl (C=O) groups excluding carboxylic acids is 2. The third-order valence-corrected chi connectivity index (χ3v) is 3.24. The quantitative estimate of drug-likeness (QED) is 0.642. The third kappa shape index (κ3) is 2.97. The van der Waals surface area contributed by atoms with Crippen molar-refractivity contribution in [1.29, 1.82) is 0 Å². The van der Waals surface area contributed by atoms with Gasteiger partial charge in [0, 0.05) is 13.1 Å². The molecule has 0 amide bonds. The topological polar surface area (TPSA) is 97.0 Å². The van der Waals surface area contributed by atoms with Crippen molar-refractivity contribution < 1.29 is 14.3 Å². The first-order chi connectivity index (χ1) is 9.11. The number of ketones is 1. The molecule has 0 unspecified atom stereocenters. The smallest absolute Gasteiger partial charge is 0.358 e. The molecule has 19 heavy (non-hydrogen) atoms. The van der Waals surface area contributed by atoms with Crippen molar-refractivity contribution in [3.63, 3.8) is 0 Å². The first-order valence-electron chi connectivity index (χ1n) is 5.56. The number of Topliss-reactive ketones (excluding diaryl/α,β-unsaturated/α-hetero) is 1. The molecule has 0 aliphatic rings. The number of rotatable bonds is 5. The zero-order valence-electron chi connectivity index (χ0n) is 10.4. The summed E-state index contributed by atoms with van der Waals surface area (Å²) in [5, 5.41) is 9.81. The predicted molar refractivity (Wildman–Crippen MR) is 69.9 cm³/mol. The van der Waals surface area contributed by atoms with Crippen molar-refractivity contribution >= 4 is 33.9 Å². The van der Waals surface area contributed by atoms with Gasteiger partial charge in [-0.05, 0) is 6.92 Å². The predicted octanol–water partition coefficient (Wildman–Crippen LogP) is 1.99. The number of carbonyl (C=O) groups is 2. The molecule has 0 atom stereocenters. The summed E-state index contributed by atoms with van der Waals surface area (Å²) < 4.78 is 4.87. The first-order valence-corrected chi connectivity index (χ1v) is 6.38. The zero-order valence-corrected chi connectivity index (χ0v) is 11.2. The summed E-state index contributed by atoms with van der Waals surface area (Å²) in [5.74, 6) is -0.815. The fourth-order valence-electron chi connectivity index (χ4n) is 1.39. The van der Waals surface area contributed by atoms with Gasteiger partial charge in [0.25, 0.3) is 0 Å².